The lowest BCUT2D eigenvalue weighted by Gasteiger charge is -2.16. The Kier molecular flexibility index (Phi) is 6.76. The van der Waals surface area contributed by atoms with Crippen LogP contribution >= 0.6 is 12.2 Å². The van der Waals surface area contributed by atoms with Gasteiger partial charge in [-0.15, -0.1) is 0 Å². The van der Waals surface area contributed by atoms with Crippen molar-refractivity contribution >= 4 is 46.8 Å². The fourth-order valence-electron chi connectivity index (χ4n) is 2.58. The van der Waals surface area contributed by atoms with E-state index in [9.17, 15) is 14.4 Å². The third-order valence-electron chi connectivity index (χ3n) is 3.95. The maximum atomic E-state index is 12.0. The van der Waals surface area contributed by atoms with Gasteiger partial charge in [0.1, 0.15) is 17.1 Å². The molecule has 0 radical (unpaired) electrons. The molecule has 0 spiro atoms. The molecule has 3 amide bonds. The zero-order chi connectivity index (χ0) is 21.5. The summed E-state index contributed by atoms with van der Waals surface area (Å²) in [5.41, 5.74) is 1.21. The van der Waals surface area contributed by atoms with Crippen LogP contribution in [0.5, 0.6) is 11.5 Å². The van der Waals surface area contributed by atoms with Crippen molar-refractivity contribution in [3.05, 3.63) is 59.7 Å². The summed E-state index contributed by atoms with van der Waals surface area (Å²) in [4.78, 5) is 35.8. The Bertz CT molecular complexity index is 978. The molecular formula is C21H19N3O5S. The maximum absolute atomic E-state index is 12.0. The molecule has 3 rings (SSSR count). The first-order valence-electron chi connectivity index (χ1n) is 9.08. The molecule has 154 valence electrons. The largest absolute Gasteiger partial charge is 0.494 e. The molecule has 9 heteroatoms. The minimum absolute atomic E-state index is 0.0191. The molecule has 0 aliphatic carbocycles. The molecule has 3 N–H and O–H groups in total. The number of amides is 3. The van der Waals surface area contributed by atoms with E-state index in [2.05, 4.69) is 16.0 Å². The van der Waals surface area contributed by atoms with Gasteiger partial charge in [-0.3, -0.25) is 25.0 Å². The number of anilines is 1. The Morgan fingerprint density at radius 3 is 2.13 bits per heavy atom. The highest BCUT2D eigenvalue weighted by atomic mass is 32.1. The van der Waals surface area contributed by atoms with E-state index < -0.39 is 11.8 Å². The number of hydrogen-bond acceptors (Lipinski definition) is 6. The summed E-state index contributed by atoms with van der Waals surface area (Å²) >= 11 is 4.76. The van der Waals surface area contributed by atoms with Crippen LogP contribution in [0, 0.1) is 0 Å². The molecule has 2 aromatic rings. The molecule has 1 fully saturated rings. The highest BCUT2D eigenvalue weighted by Crippen LogP contribution is 2.17. The Hall–Kier alpha value is -3.72. The summed E-state index contributed by atoms with van der Waals surface area (Å²) in [6, 6.07) is 13.6. The zero-order valence-corrected chi connectivity index (χ0v) is 16.9. The van der Waals surface area contributed by atoms with Crippen molar-refractivity contribution in [1.29, 1.82) is 0 Å². The molecule has 1 aliphatic heterocycles. The third-order valence-corrected chi connectivity index (χ3v) is 4.16. The number of carbonyl (C=O) groups excluding carboxylic acids is 3. The van der Waals surface area contributed by atoms with E-state index >= 15 is 0 Å². The van der Waals surface area contributed by atoms with E-state index in [1.807, 2.05) is 6.92 Å². The van der Waals surface area contributed by atoms with Crippen molar-refractivity contribution in [3.63, 3.8) is 0 Å². The van der Waals surface area contributed by atoms with Gasteiger partial charge in [0, 0.05) is 5.69 Å². The Balaban J connectivity index is 1.53. The van der Waals surface area contributed by atoms with Crippen molar-refractivity contribution < 1.29 is 23.9 Å². The van der Waals surface area contributed by atoms with Crippen molar-refractivity contribution in [2.75, 3.05) is 18.5 Å². The Morgan fingerprint density at radius 2 is 1.53 bits per heavy atom. The molecule has 0 bridgehead atoms. The van der Waals surface area contributed by atoms with Gasteiger partial charge < -0.3 is 14.8 Å². The smallest absolute Gasteiger partial charge is 0.263 e. The number of carbonyl (C=O) groups is 3. The molecule has 0 saturated carbocycles. The summed E-state index contributed by atoms with van der Waals surface area (Å²) in [7, 11) is 0. The second-order valence-corrected chi connectivity index (χ2v) is 6.57. The van der Waals surface area contributed by atoms with Gasteiger partial charge in [-0.2, -0.15) is 0 Å². The molecule has 0 aromatic heterocycles. The molecule has 0 unspecified atom stereocenters. The molecular weight excluding hydrogens is 406 g/mol. The monoisotopic (exact) mass is 425 g/mol. The number of thiocarbonyl (C=S) groups is 1. The van der Waals surface area contributed by atoms with Crippen LogP contribution in [0.3, 0.4) is 0 Å². The van der Waals surface area contributed by atoms with Gasteiger partial charge >= 0.3 is 0 Å². The van der Waals surface area contributed by atoms with E-state index in [0.29, 0.717) is 23.6 Å². The summed E-state index contributed by atoms with van der Waals surface area (Å²) in [6.45, 7) is 2.30. The Labute approximate surface area is 178 Å². The molecule has 1 saturated heterocycles. The van der Waals surface area contributed by atoms with Gasteiger partial charge in [0.05, 0.1) is 6.61 Å². The lowest BCUT2D eigenvalue weighted by atomic mass is 10.1. The number of nitrogens with one attached hydrogen (secondary N) is 3. The highest BCUT2D eigenvalue weighted by molar-refractivity contribution is 7.80. The average molecular weight is 425 g/mol. The number of ether oxygens (including phenoxy) is 2. The minimum atomic E-state index is -0.560. The second-order valence-electron chi connectivity index (χ2n) is 6.16. The first kappa shape index (κ1) is 21.0. The maximum Gasteiger partial charge on any atom is 0.263 e. The van der Waals surface area contributed by atoms with Gasteiger partial charge in [0.15, 0.2) is 11.7 Å². The fourth-order valence-corrected chi connectivity index (χ4v) is 2.77. The quantitative estimate of drug-likeness (QED) is 0.356. The minimum Gasteiger partial charge on any atom is -0.494 e. The average Bonchev–Trinajstić information content (AvgIpc) is 2.72. The van der Waals surface area contributed by atoms with Crippen LogP contribution in [-0.4, -0.2) is 36.0 Å². The van der Waals surface area contributed by atoms with Crippen molar-refractivity contribution in [3.8, 4) is 11.5 Å². The van der Waals surface area contributed by atoms with Crippen LogP contribution in [0.1, 0.15) is 12.5 Å². The second kappa shape index (κ2) is 9.66. The van der Waals surface area contributed by atoms with Crippen LogP contribution < -0.4 is 25.4 Å². The SMILES string of the molecule is CCOc1ccc(NC(=O)COc2ccc(C=C3C(=O)NC(=S)NC3=O)cc2)cc1. The number of benzene rings is 2. The topological polar surface area (TPSA) is 106 Å². The lowest BCUT2D eigenvalue weighted by Crippen LogP contribution is -2.51. The summed E-state index contributed by atoms with van der Waals surface area (Å²) < 4.78 is 10.8. The standard InChI is InChI=1S/C21H19N3O5S/c1-2-28-15-9-5-14(6-10-15)22-18(25)12-29-16-7-3-13(4-8-16)11-17-19(26)23-21(30)24-20(17)27/h3-11H,2,12H2,1H3,(H,22,25)(H2,23,24,26,27,30). The summed E-state index contributed by atoms with van der Waals surface area (Å²) in [5, 5.41) is 7.45. The summed E-state index contributed by atoms with van der Waals surface area (Å²) in [5.74, 6) is -0.229. The van der Waals surface area contributed by atoms with Crippen LogP contribution in [-0.2, 0) is 14.4 Å². The van der Waals surface area contributed by atoms with E-state index in [-0.39, 0.29) is 23.2 Å². The van der Waals surface area contributed by atoms with Gasteiger partial charge in [-0.05, 0) is 67.2 Å². The highest BCUT2D eigenvalue weighted by Gasteiger charge is 2.25. The van der Waals surface area contributed by atoms with E-state index in [1.54, 1.807) is 48.5 Å². The van der Waals surface area contributed by atoms with Gasteiger partial charge in [-0.1, -0.05) is 12.1 Å². The predicted octanol–water partition coefficient (Wildman–Crippen LogP) is 2.02. The molecule has 1 aliphatic rings. The van der Waals surface area contributed by atoms with Crippen molar-refractivity contribution in [2.45, 2.75) is 6.92 Å². The lowest BCUT2D eigenvalue weighted by molar-refractivity contribution is -0.123. The van der Waals surface area contributed by atoms with Gasteiger partial charge in [0.2, 0.25) is 0 Å². The van der Waals surface area contributed by atoms with Gasteiger partial charge in [-0.25, -0.2) is 0 Å². The van der Waals surface area contributed by atoms with Gasteiger partial charge in [0.25, 0.3) is 17.7 Å². The number of hydrogen-bond donors (Lipinski definition) is 3. The summed E-state index contributed by atoms with van der Waals surface area (Å²) in [6.07, 6.45) is 1.44. The number of rotatable bonds is 7. The molecule has 8 nitrogen and oxygen atoms in total. The third kappa shape index (κ3) is 5.65. The molecule has 2 aromatic carbocycles. The molecule has 0 atom stereocenters. The van der Waals surface area contributed by atoms with Crippen molar-refractivity contribution in [2.24, 2.45) is 0 Å². The van der Waals surface area contributed by atoms with Crippen LogP contribution in [0.4, 0.5) is 5.69 Å². The van der Waals surface area contributed by atoms with Crippen LogP contribution in [0.25, 0.3) is 6.08 Å². The first-order chi connectivity index (χ1) is 14.4. The van der Waals surface area contributed by atoms with Crippen LogP contribution in [0.2, 0.25) is 0 Å². The molecule has 30 heavy (non-hydrogen) atoms. The molecule has 1 heterocycles. The normalized spacial score (nSPS) is 13.2. The first-order valence-corrected chi connectivity index (χ1v) is 9.49. The van der Waals surface area contributed by atoms with Crippen LogP contribution in [0.15, 0.2) is 54.1 Å². The predicted molar refractivity (Wildman–Crippen MR) is 115 cm³/mol. The fraction of sp³-hybridized carbons (Fsp3) is 0.143. The van der Waals surface area contributed by atoms with E-state index in [4.69, 9.17) is 21.7 Å². The Morgan fingerprint density at radius 1 is 0.967 bits per heavy atom. The van der Waals surface area contributed by atoms with E-state index in [1.165, 1.54) is 6.08 Å². The zero-order valence-electron chi connectivity index (χ0n) is 16.1. The van der Waals surface area contributed by atoms with E-state index in [0.717, 1.165) is 5.75 Å². The van der Waals surface area contributed by atoms with Crippen molar-refractivity contribution in [1.82, 2.24) is 10.6 Å².